The molecule has 0 spiro atoms. The van der Waals surface area contributed by atoms with E-state index >= 15 is 0 Å². The smallest absolute Gasteiger partial charge is 0.309 e. The second kappa shape index (κ2) is 8.07. The molecule has 2 aliphatic carbocycles. The Morgan fingerprint density at radius 3 is 2.57 bits per heavy atom. The van der Waals surface area contributed by atoms with Crippen molar-refractivity contribution >= 4 is 29.2 Å². The van der Waals surface area contributed by atoms with Crippen molar-refractivity contribution in [2.75, 3.05) is 19.7 Å². The molecule has 6 heteroatoms. The Bertz CT molecular complexity index is 947. The van der Waals surface area contributed by atoms with Crippen LogP contribution in [0.25, 0.3) is 0 Å². The number of hydrogen-bond acceptors (Lipinski definition) is 4. The van der Waals surface area contributed by atoms with Crippen molar-refractivity contribution in [2.45, 2.75) is 32.4 Å². The molecule has 0 amide bonds. The van der Waals surface area contributed by atoms with Crippen LogP contribution in [0.3, 0.4) is 0 Å². The number of aryl methyl sites for hydroxylation is 1. The lowest BCUT2D eigenvalue weighted by Crippen LogP contribution is -2.30. The number of piperidine rings is 1. The molecule has 1 heterocycles. The number of hydrogen-bond donors (Lipinski definition) is 0. The van der Waals surface area contributed by atoms with Crippen LogP contribution >= 0.6 is 23.2 Å². The molecule has 2 fully saturated rings. The topological polar surface area (TPSA) is 38.8 Å². The summed E-state index contributed by atoms with van der Waals surface area (Å²) >= 11 is 12.5. The van der Waals surface area contributed by atoms with Crippen molar-refractivity contribution in [3.05, 3.63) is 63.1 Å². The minimum Gasteiger partial charge on any atom is -0.489 e. The first-order valence-electron chi connectivity index (χ1n) is 10.7. The average molecular weight is 446 g/mol. The molecule has 2 aromatic carbocycles. The van der Waals surface area contributed by atoms with Crippen LogP contribution in [0.4, 0.5) is 0 Å². The van der Waals surface area contributed by atoms with Crippen molar-refractivity contribution in [2.24, 2.45) is 17.8 Å². The largest absolute Gasteiger partial charge is 0.489 e. The second-order valence-corrected chi connectivity index (χ2v) is 9.28. The van der Waals surface area contributed by atoms with Crippen LogP contribution in [-0.4, -0.2) is 30.6 Å². The molecule has 2 aromatic rings. The summed E-state index contributed by atoms with van der Waals surface area (Å²) in [6.45, 7) is 4.70. The predicted molar refractivity (Wildman–Crippen MR) is 117 cm³/mol. The van der Waals surface area contributed by atoms with Gasteiger partial charge in [-0.2, -0.15) is 0 Å². The van der Waals surface area contributed by atoms with Gasteiger partial charge in [-0.05, 0) is 67.0 Å². The fraction of sp³-hybridized carbons (Fsp3) is 0.458. The molecule has 0 radical (unpaired) electrons. The van der Waals surface area contributed by atoms with Crippen LogP contribution in [0.15, 0.2) is 36.4 Å². The summed E-state index contributed by atoms with van der Waals surface area (Å²) in [5.74, 6) is 1.94. The highest BCUT2D eigenvalue weighted by Gasteiger charge is 2.61. The molecule has 158 valence electrons. The molecule has 3 aliphatic rings. The summed E-state index contributed by atoms with van der Waals surface area (Å²) in [4.78, 5) is 14.6. The zero-order chi connectivity index (χ0) is 20.8. The van der Waals surface area contributed by atoms with Gasteiger partial charge in [-0.15, -0.1) is 0 Å². The van der Waals surface area contributed by atoms with Crippen LogP contribution in [-0.2, 0) is 22.6 Å². The van der Waals surface area contributed by atoms with Crippen molar-refractivity contribution < 1.29 is 14.3 Å². The number of carbonyl (C=O) groups excluding carboxylic acids is 1. The fourth-order valence-electron chi connectivity index (χ4n) is 5.27. The predicted octanol–water partition coefficient (Wildman–Crippen LogP) is 5.30. The maximum absolute atomic E-state index is 12.0. The van der Waals surface area contributed by atoms with Crippen molar-refractivity contribution in [3.8, 4) is 5.75 Å². The summed E-state index contributed by atoms with van der Waals surface area (Å²) in [5.41, 5.74) is 3.56. The van der Waals surface area contributed by atoms with Gasteiger partial charge in [-0.25, -0.2) is 0 Å². The van der Waals surface area contributed by atoms with Gasteiger partial charge in [-0.1, -0.05) is 35.3 Å². The third kappa shape index (κ3) is 3.59. The zero-order valence-corrected chi connectivity index (χ0v) is 18.5. The third-order valence-electron chi connectivity index (χ3n) is 6.83. The molecular formula is C24H25Cl2NO3. The van der Waals surface area contributed by atoms with E-state index in [0.29, 0.717) is 41.1 Å². The number of halogens is 2. The molecule has 1 saturated carbocycles. The fourth-order valence-corrected chi connectivity index (χ4v) is 5.77. The maximum atomic E-state index is 12.0. The van der Waals surface area contributed by atoms with Crippen LogP contribution in [0.2, 0.25) is 10.0 Å². The van der Waals surface area contributed by atoms with Crippen LogP contribution in [0.5, 0.6) is 5.75 Å². The second-order valence-electron chi connectivity index (χ2n) is 8.46. The van der Waals surface area contributed by atoms with Gasteiger partial charge in [0, 0.05) is 34.7 Å². The van der Waals surface area contributed by atoms with E-state index in [2.05, 4.69) is 17.0 Å². The number of nitrogens with zero attached hydrogens (tertiary/aromatic N) is 1. The molecular weight excluding hydrogens is 421 g/mol. The molecule has 3 atom stereocenters. The van der Waals surface area contributed by atoms with E-state index in [1.54, 1.807) is 0 Å². The summed E-state index contributed by atoms with van der Waals surface area (Å²) in [7, 11) is 0. The molecule has 0 N–H and O–H groups in total. The summed E-state index contributed by atoms with van der Waals surface area (Å²) in [5, 5.41) is 1.25. The van der Waals surface area contributed by atoms with Gasteiger partial charge in [-0.3, -0.25) is 9.69 Å². The number of esters is 1. The third-order valence-corrected chi connectivity index (χ3v) is 7.54. The Labute approximate surface area is 187 Å². The van der Waals surface area contributed by atoms with Gasteiger partial charge in [0.05, 0.1) is 12.5 Å². The van der Waals surface area contributed by atoms with E-state index in [0.717, 1.165) is 37.2 Å². The minimum atomic E-state index is -0.000569. The lowest BCUT2D eigenvalue weighted by molar-refractivity contribution is -0.145. The van der Waals surface area contributed by atoms with E-state index < -0.39 is 0 Å². The maximum Gasteiger partial charge on any atom is 0.309 e. The lowest BCUT2D eigenvalue weighted by atomic mass is 10.1. The number of ether oxygens (including phenoxy) is 2. The van der Waals surface area contributed by atoms with E-state index in [-0.39, 0.29) is 11.9 Å². The molecule has 5 rings (SSSR count). The van der Waals surface area contributed by atoms with E-state index in [9.17, 15) is 4.79 Å². The normalized spacial score (nSPS) is 26.9. The van der Waals surface area contributed by atoms with Crippen LogP contribution in [0.1, 0.15) is 36.1 Å². The van der Waals surface area contributed by atoms with Gasteiger partial charge < -0.3 is 9.47 Å². The molecule has 30 heavy (non-hydrogen) atoms. The van der Waals surface area contributed by atoms with Crippen LogP contribution < -0.4 is 4.74 Å². The number of rotatable bonds is 6. The van der Waals surface area contributed by atoms with Crippen molar-refractivity contribution in [1.29, 1.82) is 0 Å². The number of benzene rings is 2. The van der Waals surface area contributed by atoms with Crippen molar-refractivity contribution in [1.82, 2.24) is 4.90 Å². The van der Waals surface area contributed by atoms with Gasteiger partial charge in [0.1, 0.15) is 12.4 Å². The van der Waals surface area contributed by atoms with Gasteiger partial charge in [0.2, 0.25) is 0 Å². The highest BCUT2D eigenvalue weighted by atomic mass is 35.5. The first-order chi connectivity index (χ1) is 14.6. The zero-order valence-electron chi connectivity index (χ0n) is 16.9. The lowest BCUT2D eigenvalue weighted by Gasteiger charge is -2.27. The van der Waals surface area contributed by atoms with Gasteiger partial charge in [0.15, 0.2) is 0 Å². The highest BCUT2D eigenvalue weighted by molar-refractivity contribution is 6.35. The summed E-state index contributed by atoms with van der Waals surface area (Å²) in [6, 6.07) is 12.3. The number of fused-ring (bicyclic) bond motifs is 2. The Balaban J connectivity index is 1.22. The first-order valence-corrected chi connectivity index (χ1v) is 11.4. The number of carbonyl (C=O) groups is 1. The SMILES string of the molecule is CCOC(=O)C1C2CN(C3CCc4cc(OCc5c(Cl)cccc5Cl)ccc43)CC21. The van der Waals surface area contributed by atoms with Crippen LogP contribution in [0, 0.1) is 17.8 Å². The number of likely N-dealkylation sites (tertiary alicyclic amines) is 1. The highest BCUT2D eigenvalue weighted by Crippen LogP contribution is 2.55. The Morgan fingerprint density at radius 1 is 1.13 bits per heavy atom. The summed E-state index contributed by atoms with van der Waals surface area (Å²) in [6.07, 6.45) is 2.18. The molecule has 3 unspecified atom stereocenters. The summed E-state index contributed by atoms with van der Waals surface area (Å²) < 4.78 is 11.2. The van der Waals surface area contributed by atoms with E-state index in [4.69, 9.17) is 32.7 Å². The quantitative estimate of drug-likeness (QED) is 0.565. The van der Waals surface area contributed by atoms with E-state index in [1.165, 1.54) is 11.1 Å². The standard InChI is InChI=1S/C24H25Cl2NO3/c1-2-29-24(28)23-17-11-27(12-18(17)23)22-9-6-14-10-15(7-8-16(14)22)30-13-19-20(25)4-3-5-21(19)26/h3-5,7-8,10,17-18,22-23H,2,6,9,11-13H2,1H3. The first kappa shape index (κ1) is 20.2. The Kier molecular flexibility index (Phi) is 5.42. The molecule has 1 saturated heterocycles. The minimum absolute atomic E-state index is 0.000569. The molecule has 0 aromatic heterocycles. The van der Waals surface area contributed by atoms with E-state index in [1.807, 2.05) is 31.2 Å². The molecule has 1 aliphatic heterocycles. The molecule has 4 nitrogen and oxygen atoms in total. The van der Waals surface area contributed by atoms with Gasteiger partial charge in [0.25, 0.3) is 0 Å². The Hall–Kier alpha value is -1.75. The van der Waals surface area contributed by atoms with Gasteiger partial charge >= 0.3 is 5.97 Å². The molecule has 0 bridgehead atoms. The van der Waals surface area contributed by atoms with Crippen molar-refractivity contribution in [3.63, 3.8) is 0 Å². The average Bonchev–Trinajstić information content (AvgIpc) is 3.05. The Morgan fingerprint density at radius 2 is 1.87 bits per heavy atom. The monoisotopic (exact) mass is 445 g/mol.